The average molecular weight is 296 g/mol. The van der Waals surface area contributed by atoms with Crippen molar-refractivity contribution in [3.8, 4) is 0 Å². The summed E-state index contributed by atoms with van der Waals surface area (Å²) in [6.07, 6.45) is 0. The van der Waals surface area contributed by atoms with Crippen molar-refractivity contribution < 1.29 is 22.4 Å². The van der Waals surface area contributed by atoms with Gasteiger partial charge >= 0.3 is 5.97 Å². The van der Waals surface area contributed by atoms with E-state index in [1.54, 1.807) is 32.0 Å². The maximum atomic E-state index is 11.8. The van der Waals surface area contributed by atoms with Crippen LogP contribution in [0.1, 0.15) is 28.6 Å². The Morgan fingerprint density at radius 3 is 2.65 bits per heavy atom. The largest absolute Gasteiger partial charge is 0.465 e. The predicted octanol–water partition coefficient (Wildman–Crippen LogP) is 2.46. The molecule has 0 saturated heterocycles. The van der Waals surface area contributed by atoms with E-state index in [1.165, 1.54) is 7.11 Å². The Balaban J connectivity index is 2.55. The van der Waals surface area contributed by atoms with E-state index in [2.05, 4.69) is 0 Å². The number of rotatable bonds is 4. The SMILES string of the molecule is CCS(=O)(=O)Cc1ccc2oc(C)c(C(=O)OC)c2c1. The number of carbonyl (C=O) groups excluding carboxylic acids is 1. The molecule has 1 heterocycles. The molecule has 0 fully saturated rings. The predicted molar refractivity (Wildman–Crippen MR) is 75.5 cm³/mol. The standard InChI is InChI=1S/C14H16O5S/c1-4-20(16,17)8-10-5-6-12-11(7-10)13(9(2)19-12)14(15)18-3/h5-7H,4,8H2,1-3H3. The van der Waals surface area contributed by atoms with E-state index in [9.17, 15) is 13.2 Å². The summed E-state index contributed by atoms with van der Waals surface area (Å²) < 4.78 is 33.6. The van der Waals surface area contributed by atoms with Crippen molar-refractivity contribution in [1.82, 2.24) is 0 Å². The molecular formula is C14H16O5S. The van der Waals surface area contributed by atoms with Crippen LogP contribution in [0.2, 0.25) is 0 Å². The molecule has 0 aliphatic rings. The molecule has 0 saturated carbocycles. The molecule has 0 spiro atoms. The lowest BCUT2D eigenvalue weighted by Gasteiger charge is -2.02. The summed E-state index contributed by atoms with van der Waals surface area (Å²) in [7, 11) is -1.82. The van der Waals surface area contributed by atoms with Gasteiger partial charge in [0.05, 0.1) is 12.9 Å². The first-order valence-corrected chi connectivity index (χ1v) is 8.01. The first kappa shape index (κ1) is 14.6. The molecule has 0 N–H and O–H groups in total. The molecule has 0 amide bonds. The number of hydrogen-bond donors (Lipinski definition) is 0. The van der Waals surface area contributed by atoms with Gasteiger partial charge in [0.25, 0.3) is 0 Å². The fraction of sp³-hybridized carbons (Fsp3) is 0.357. The Morgan fingerprint density at radius 1 is 1.35 bits per heavy atom. The normalized spacial score (nSPS) is 11.8. The van der Waals surface area contributed by atoms with E-state index in [4.69, 9.17) is 9.15 Å². The van der Waals surface area contributed by atoms with Gasteiger partial charge in [-0.3, -0.25) is 0 Å². The lowest BCUT2D eigenvalue weighted by molar-refractivity contribution is 0.0600. The molecule has 20 heavy (non-hydrogen) atoms. The van der Waals surface area contributed by atoms with Crippen LogP contribution < -0.4 is 0 Å². The minimum Gasteiger partial charge on any atom is -0.465 e. The summed E-state index contributed by atoms with van der Waals surface area (Å²) in [5.41, 5.74) is 1.52. The minimum absolute atomic E-state index is 0.0513. The topological polar surface area (TPSA) is 73.6 Å². The van der Waals surface area contributed by atoms with Gasteiger partial charge in [0.2, 0.25) is 0 Å². The van der Waals surface area contributed by atoms with Gasteiger partial charge in [-0.2, -0.15) is 0 Å². The number of hydrogen-bond acceptors (Lipinski definition) is 5. The summed E-state index contributed by atoms with van der Waals surface area (Å²) in [6.45, 7) is 3.28. The lowest BCUT2D eigenvalue weighted by atomic mass is 10.1. The van der Waals surface area contributed by atoms with E-state index in [-0.39, 0.29) is 11.5 Å². The molecule has 0 radical (unpaired) electrons. The number of sulfone groups is 1. The van der Waals surface area contributed by atoms with Crippen LogP contribution in [0.4, 0.5) is 0 Å². The summed E-state index contributed by atoms with van der Waals surface area (Å²) in [4.78, 5) is 11.8. The summed E-state index contributed by atoms with van der Waals surface area (Å²) >= 11 is 0. The molecule has 0 aliphatic carbocycles. The zero-order valence-electron chi connectivity index (χ0n) is 11.6. The highest BCUT2D eigenvalue weighted by molar-refractivity contribution is 7.90. The van der Waals surface area contributed by atoms with Crippen molar-refractivity contribution in [3.63, 3.8) is 0 Å². The van der Waals surface area contributed by atoms with Gasteiger partial charge in [-0.25, -0.2) is 13.2 Å². The highest BCUT2D eigenvalue weighted by Gasteiger charge is 2.19. The van der Waals surface area contributed by atoms with Crippen LogP contribution in [0.25, 0.3) is 11.0 Å². The van der Waals surface area contributed by atoms with Gasteiger partial charge in [-0.05, 0) is 24.6 Å². The molecule has 0 bridgehead atoms. The van der Waals surface area contributed by atoms with Crippen molar-refractivity contribution >= 4 is 26.8 Å². The third-order valence-corrected chi connectivity index (χ3v) is 4.80. The molecule has 2 aromatic rings. The monoisotopic (exact) mass is 296 g/mol. The van der Waals surface area contributed by atoms with Crippen molar-refractivity contribution in [2.45, 2.75) is 19.6 Å². The number of benzene rings is 1. The van der Waals surface area contributed by atoms with Gasteiger partial charge < -0.3 is 9.15 Å². The molecule has 2 rings (SSSR count). The first-order chi connectivity index (χ1) is 9.38. The van der Waals surface area contributed by atoms with E-state index in [0.717, 1.165) is 0 Å². The maximum Gasteiger partial charge on any atom is 0.342 e. The fourth-order valence-electron chi connectivity index (χ4n) is 2.07. The summed E-state index contributed by atoms with van der Waals surface area (Å²) in [6, 6.07) is 5.04. The molecule has 0 unspecified atom stereocenters. The average Bonchev–Trinajstić information content (AvgIpc) is 2.73. The van der Waals surface area contributed by atoms with Crippen LogP contribution in [0.15, 0.2) is 22.6 Å². The van der Waals surface area contributed by atoms with Gasteiger partial charge in [0, 0.05) is 11.1 Å². The molecule has 6 heteroatoms. The van der Waals surface area contributed by atoms with Gasteiger partial charge in [-0.1, -0.05) is 13.0 Å². The number of ether oxygens (including phenoxy) is 1. The van der Waals surface area contributed by atoms with Crippen LogP contribution in [-0.2, 0) is 20.3 Å². The highest BCUT2D eigenvalue weighted by Crippen LogP contribution is 2.27. The van der Waals surface area contributed by atoms with E-state index < -0.39 is 15.8 Å². The fourth-order valence-corrected chi connectivity index (χ4v) is 2.96. The minimum atomic E-state index is -3.12. The van der Waals surface area contributed by atoms with Gasteiger partial charge in [0.1, 0.15) is 16.9 Å². The van der Waals surface area contributed by atoms with Crippen LogP contribution >= 0.6 is 0 Å². The molecule has 5 nitrogen and oxygen atoms in total. The molecule has 1 aromatic carbocycles. The van der Waals surface area contributed by atoms with E-state index >= 15 is 0 Å². The maximum absolute atomic E-state index is 11.8. The van der Waals surface area contributed by atoms with Crippen LogP contribution in [0.5, 0.6) is 0 Å². The Kier molecular flexibility index (Phi) is 3.85. The Hall–Kier alpha value is -1.82. The smallest absolute Gasteiger partial charge is 0.342 e. The zero-order chi connectivity index (χ0) is 14.9. The van der Waals surface area contributed by atoms with Crippen LogP contribution in [0, 0.1) is 6.92 Å². The number of methoxy groups -OCH3 is 1. The lowest BCUT2D eigenvalue weighted by Crippen LogP contribution is -2.06. The zero-order valence-corrected chi connectivity index (χ0v) is 12.4. The first-order valence-electron chi connectivity index (χ1n) is 6.18. The quantitative estimate of drug-likeness (QED) is 0.810. The van der Waals surface area contributed by atoms with Crippen LogP contribution in [-0.4, -0.2) is 27.2 Å². The van der Waals surface area contributed by atoms with Crippen molar-refractivity contribution in [1.29, 1.82) is 0 Å². The molecule has 0 atom stereocenters. The second-order valence-corrected chi connectivity index (χ2v) is 6.89. The number of esters is 1. The molecule has 108 valence electrons. The van der Waals surface area contributed by atoms with Gasteiger partial charge in [-0.15, -0.1) is 0 Å². The summed E-state index contributed by atoms with van der Waals surface area (Å²) in [5, 5.41) is 0.582. The molecule has 1 aromatic heterocycles. The second-order valence-electron chi connectivity index (χ2n) is 4.53. The third kappa shape index (κ3) is 2.70. The number of furan rings is 1. The van der Waals surface area contributed by atoms with Gasteiger partial charge in [0.15, 0.2) is 9.84 Å². The highest BCUT2D eigenvalue weighted by atomic mass is 32.2. The van der Waals surface area contributed by atoms with Crippen molar-refractivity contribution in [2.75, 3.05) is 12.9 Å². The molecule has 0 aliphatic heterocycles. The Labute approximate surface area is 117 Å². The van der Waals surface area contributed by atoms with E-state index in [1.807, 2.05) is 0 Å². The van der Waals surface area contributed by atoms with E-state index in [0.29, 0.717) is 27.9 Å². The molecular weight excluding hydrogens is 280 g/mol. The van der Waals surface area contributed by atoms with Crippen molar-refractivity contribution in [3.05, 3.63) is 35.1 Å². The number of carbonyl (C=O) groups is 1. The van der Waals surface area contributed by atoms with Crippen LogP contribution in [0.3, 0.4) is 0 Å². The number of aryl methyl sites for hydroxylation is 1. The third-order valence-electron chi connectivity index (χ3n) is 3.14. The Morgan fingerprint density at radius 2 is 2.05 bits per heavy atom. The number of fused-ring (bicyclic) bond motifs is 1. The summed E-state index contributed by atoms with van der Waals surface area (Å²) in [5.74, 6) is 0.00273. The van der Waals surface area contributed by atoms with Crippen molar-refractivity contribution in [2.24, 2.45) is 0 Å². The Bertz CT molecular complexity index is 755. The second kappa shape index (κ2) is 5.28.